The van der Waals surface area contributed by atoms with Crippen molar-refractivity contribution in [1.29, 1.82) is 0 Å². The number of nitrogens with one attached hydrogen (secondary N) is 2. The Hall–Kier alpha value is -4.94. The second-order valence-corrected chi connectivity index (χ2v) is 12.7. The Morgan fingerprint density at radius 3 is 1.82 bits per heavy atom. The zero-order valence-corrected chi connectivity index (χ0v) is 27.8. The number of carbonyl (C=O) groups excluding carboxylic acids is 1. The fourth-order valence-corrected chi connectivity index (χ4v) is 7.11. The summed E-state index contributed by atoms with van der Waals surface area (Å²) in [7, 11) is 0. The summed E-state index contributed by atoms with van der Waals surface area (Å²) in [5.74, 6) is 1.37. The van der Waals surface area contributed by atoms with Crippen LogP contribution in [-0.2, 0) is 33.7 Å². The predicted molar refractivity (Wildman–Crippen MR) is 183 cm³/mol. The highest BCUT2D eigenvalue weighted by Gasteiger charge is 2.40. The summed E-state index contributed by atoms with van der Waals surface area (Å²) in [6, 6.07) is 21.4. The van der Waals surface area contributed by atoms with Gasteiger partial charge in [-0.1, -0.05) is 42.5 Å². The Balaban J connectivity index is 1.03. The Kier molecular flexibility index (Phi) is 9.49. The van der Waals surface area contributed by atoms with Crippen LogP contribution in [0.25, 0.3) is 22.1 Å². The molecular formula is C37H42N6O6. The standard InChI is InChI=1S/C37H42N6O6/c1-3-47-26-18-32(42(20-26)36(44)45)34-38-28-14-12-23(16-30(28)40-34)10-11-24-13-15-29-31(17-24)41-35(39-29)33-19-27(48-4-2)21-43(33)37(46)49-22-25-8-6-5-7-9-25/h5-9,12-17,26-27,32-33H,3-4,10-11,18-22H2,1-2H3,(H,38,40)(H,39,41)(H,44,45)/t26-,27-,32+,33+/m1/s1. The highest BCUT2D eigenvalue weighted by molar-refractivity contribution is 5.77. The van der Waals surface area contributed by atoms with Crippen LogP contribution in [0.3, 0.4) is 0 Å². The molecule has 2 aliphatic heterocycles. The fourth-order valence-electron chi connectivity index (χ4n) is 7.11. The molecular weight excluding hydrogens is 624 g/mol. The molecule has 12 heteroatoms. The van der Waals surface area contributed by atoms with Crippen LogP contribution in [0.1, 0.15) is 67.1 Å². The van der Waals surface area contributed by atoms with Gasteiger partial charge in [-0.05, 0) is 67.6 Å². The lowest BCUT2D eigenvalue weighted by molar-refractivity contribution is 0.0610. The van der Waals surface area contributed by atoms with E-state index in [-0.39, 0.29) is 37.0 Å². The fraction of sp³-hybridized carbons (Fsp3) is 0.405. The number of carboxylic acid groups (broad SMARTS) is 1. The molecule has 7 rings (SSSR count). The van der Waals surface area contributed by atoms with Gasteiger partial charge in [0, 0.05) is 26.1 Å². The van der Waals surface area contributed by atoms with Crippen LogP contribution in [0, 0.1) is 0 Å². The molecule has 3 aromatic carbocycles. The average Bonchev–Trinajstić information content (AvgIpc) is 3.91. The minimum atomic E-state index is -0.966. The molecule has 2 saturated heterocycles. The van der Waals surface area contributed by atoms with Gasteiger partial charge in [-0.3, -0.25) is 9.80 Å². The lowest BCUT2D eigenvalue weighted by Crippen LogP contribution is -2.33. The number of H-pyrrole nitrogens is 2. The van der Waals surface area contributed by atoms with Crippen LogP contribution < -0.4 is 0 Å². The second-order valence-electron chi connectivity index (χ2n) is 12.7. The van der Waals surface area contributed by atoms with Crippen LogP contribution in [0.15, 0.2) is 66.7 Å². The second kappa shape index (κ2) is 14.3. The number of aromatic amines is 2. The lowest BCUT2D eigenvalue weighted by Gasteiger charge is -2.22. The maximum absolute atomic E-state index is 13.2. The highest BCUT2D eigenvalue weighted by Crippen LogP contribution is 2.35. The number of amides is 2. The number of aryl methyl sites for hydroxylation is 2. The molecule has 0 radical (unpaired) electrons. The molecule has 4 atom stereocenters. The molecule has 0 bridgehead atoms. The van der Waals surface area contributed by atoms with Crippen LogP contribution in [0.2, 0.25) is 0 Å². The number of imidazole rings is 2. The van der Waals surface area contributed by atoms with E-state index in [0.29, 0.717) is 45.0 Å². The first-order chi connectivity index (χ1) is 23.9. The van der Waals surface area contributed by atoms with E-state index in [0.717, 1.165) is 57.4 Å². The summed E-state index contributed by atoms with van der Waals surface area (Å²) in [4.78, 5) is 44.8. The number of nitrogens with zero attached hydrogens (tertiary/aromatic N) is 4. The van der Waals surface area contributed by atoms with Crippen molar-refractivity contribution >= 4 is 34.3 Å². The first-order valence-electron chi connectivity index (χ1n) is 17.1. The van der Waals surface area contributed by atoms with Crippen molar-refractivity contribution in [3.05, 3.63) is 95.1 Å². The monoisotopic (exact) mass is 666 g/mol. The summed E-state index contributed by atoms with van der Waals surface area (Å²) >= 11 is 0. The van der Waals surface area contributed by atoms with E-state index in [1.807, 2.05) is 56.3 Å². The van der Waals surface area contributed by atoms with Gasteiger partial charge >= 0.3 is 12.2 Å². The number of rotatable bonds is 11. The molecule has 0 aliphatic carbocycles. The number of likely N-dealkylation sites (tertiary alicyclic amines) is 2. The molecule has 49 heavy (non-hydrogen) atoms. The number of benzene rings is 3. The Morgan fingerprint density at radius 1 is 0.755 bits per heavy atom. The third-order valence-electron chi connectivity index (χ3n) is 9.48. The van der Waals surface area contributed by atoms with Gasteiger partial charge in [-0.2, -0.15) is 0 Å². The Labute approximate surface area is 284 Å². The van der Waals surface area contributed by atoms with Crippen molar-refractivity contribution in [1.82, 2.24) is 29.7 Å². The molecule has 2 aliphatic rings. The number of aromatic nitrogens is 4. The van der Waals surface area contributed by atoms with Gasteiger partial charge in [0.1, 0.15) is 18.3 Å². The van der Waals surface area contributed by atoms with E-state index >= 15 is 0 Å². The minimum absolute atomic E-state index is 0.0902. The molecule has 0 spiro atoms. The molecule has 4 heterocycles. The van der Waals surface area contributed by atoms with Gasteiger partial charge < -0.3 is 29.3 Å². The minimum Gasteiger partial charge on any atom is -0.465 e. The molecule has 2 fully saturated rings. The number of hydrogen-bond donors (Lipinski definition) is 3. The van der Waals surface area contributed by atoms with E-state index in [1.165, 1.54) is 4.90 Å². The van der Waals surface area contributed by atoms with Crippen molar-refractivity contribution in [2.45, 2.75) is 70.4 Å². The topological polar surface area (TPSA) is 146 Å². The van der Waals surface area contributed by atoms with E-state index in [4.69, 9.17) is 24.2 Å². The molecule has 2 aromatic heterocycles. The Morgan fingerprint density at radius 2 is 1.29 bits per heavy atom. The van der Waals surface area contributed by atoms with Gasteiger partial charge in [0.25, 0.3) is 0 Å². The van der Waals surface area contributed by atoms with Crippen molar-refractivity contribution in [3.8, 4) is 0 Å². The molecule has 12 nitrogen and oxygen atoms in total. The van der Waals surface area contributed by atoms with Crippen molar-refractivity contribution in [2.24, 2.45) is 0 Å². The lowest BCUT2D eigenvalue weighted by atomic mass is 10.0. The Bertz CT molecular complexity index is 1920. The normalized spacial score (nSPS) is 20.9. The smallest absolute Gasteiger partial charge is 0.410 e. The molecule has 5 aromatic rings. The first-order valence-corrected chi connectivity index (χ1v) is 17.1. The number of ether oxygens (including phenoxy) is 3. The molecule has 0 unspecified atom stereocenters. The summed E-state index contributed by atoms with van der Waals surface area (Å²) in [5, 5.41) is 9.77. The van der Waals surface area contributed by atoms with E-state index < -0.39 is 6.09 Å². The van der Waals surface area contributed by atoms with Gasteiger partial charge in [-0.25, -0.2) is 19.6 Å². The van der Waals surface area contributed by atoms with E-state index in [9.17, 15) is 14.7 Å². The third kappa shape index (κ3) is 7.11. The van der Waals surface area contributed by atoms with Crippen LogP contribution >= 0.6 is 0 Å². The van der Waals surface area contributed by atoms with Crippen LogP contribution in [0.5, 0.6) is 0 Å². The summed E-state index contributed by atoms with van der Waals surface area (Å²) in [6.45, 7) is 5.99. The van der Waals surface area contributed by atoms with Gasteiger partial charge in [0.2, 0.25) is 0 Å². The highest BCUT2D eigenvalue weighted by atomic mass is 16.6. The zero-order chi connectivity index (χ0) is 33.9. The molecule has 256 valence electrons. The largest absolute Gasteiger partial charge is 0.465 e. The van der Waals surface area contributed by atoms with Crippen molar-refractivity contribution in [3.63, 3.8) is 0 Å². The quantitative estimate of drug-likeness (QED) is 0.144. The molecule has 0 saturated carbocycles. The summed E-state index contributed by atoms with van der Waals surface area (Å²) in [5.41, 5.74) is 6.72. The maximum atomic E-state index is 13.2. The summed E-state index contributed by atoms with van der Waals surface area (Å²) < 4.78 is 17.3. The predicted octanol–water partition coefficient (Wildman–Crippen LogP) is 6.54. The number of carbonyl (C=O) groups is 2. The first kappa shape index (κ1) is 32.6. The van der Waals surface area contributed by atoms with Gasteiger partial charge in [0.15, 0.2) is 0 Å². The number of fused-ring (bicyclic) bond motifs is 2. The van der Waals surface area contributed by atoms with Crippen LogP contribution in [-0.4, -0.2) is 85.5 Å². The third-order valence-corrected chi connectivity index (χ3v) is 9.48. The molecule has 2 amide bonds. The number of hydrogen-bond acceptors (Lipinski definition) is 7. The SMILES string of the molecule is CCO[C@@H]1C[C@@H](c2nc3ccc(CCc4ccc5nc([C@@H]6C[C@@H](OCC)CN6C(=O)OCc6ccccc6)[nH]c5c4)cc3[nH]2)N(C(=O)O)C1. The average molecular weight is 667 g/mol. The van der Waals surface area contributed by atoms with Crippen LogP contribution in [0.4, 0.5) is 9.59 Å². The van der Waals surface area contributed by atoms with Gasteiger partial charge in [-0.15, -0.1) is 0 Å². The zero-order valence-electron chi connectivity index (χ0n) is 27.8. The molecule has 3 N–H and O–H groups in total. The van der Waals surface area contributed by atoms with E-state index in [1.54, 1.807) is 4.90 Å². The van der Waals surface area contributed by atoms with Crippen molar-refractivity contribution < 1.29 is 28.9 Å². The van der Waals surface area contributed by atoms with Gasteiger partial charge in [0.05, 0.1) is 59.4 Å². The summed E-state index contributed by atoms with van der Waals surface area (Å²) in [6.07, 6.45) is 1.28. The van der Waals surface area contributed by atoms with E-state index in [2.05, 4.69) is 34.2 Å². The van der Waals surface area contributed by atoms with Crippen molar-refractivity contribution in [2.75, 3.05) is 26.3 Å². The maximum Gasteiger partial charge on any atom is 0.410 e.